The van der Waals surface area contributed by atoms with E-state index >= 15 is 0 Å². The molecule has 0 aromatic carbocycles. The molecule has 0 aromatic rings. The van der Waals surface area contributed by atoms with Crippen molar-refractivity contribution in [2.45, 2.75) is 55.1 Å². The first-order valence-electron chi connectivity index (χ1n) is 6.83. The van der Waals surface area contributed by atoms with Crippen molar-refractivity contribution < 1.29 is 64.7 Å². The van der Waals surface area contributed by atoms with Crippen molar-refractivity contribution in [3.05, 3.63) is 0 Å². The minimum Gasteiger partial charge on any atom is -0.479 e. The van der Waals surface area contributed by atoms with Gasteiger partial charge in [-0.2, -0.15) is 0 Å². The number of carbonyl (C=O) groups excluding carboxylic acids is 1. The maximum absolute atomic E-state index is 11.0. The highest BCUT2D eigenvalue weighted by Crippen LogP contribution is 2.25. The molecule has 1 aliphatic rings. The first-order valence-corrected chi connectivity index (χ1v) is 6.83. The lowest BCUT2D eigenvalue weighted by atomic mass is 9.98. The van der Waals surface area contributed by atoms with Gasteiger partial charge in [-0.1, -0.05) is 0 Å². The van der Waals surface area contributed by atoms with Crippen LogP contribution in [0.1, 0.15) is 0 Å². The van der Waals surface area contributed by atoms with E-state index in [0.29, 0.717) is 0 Å². The number of rotatable bonds is 8. The van der Waals surface area contributed by atoms with Crippen LogP contribution in [0.5, 0.6) is 0 Å². The number of hydrogen-bond donors (Lipinski definition) is 8. The molecule has 0 amide bonds. The molecule has 1 fully saturated rings. The lowest BCUT2D eigenvalue weighted by Crippen LogP contribution is -2.62. The van der Waals surface area contributed by atoms with E-state index in [0.717, 1.165) is 0 Å². The lowest BCUT2D eigenvalue weighted by molar-refractivity contribution is -0.318. The number of carboxylic acid groups (broad SMARTS) is 2. The number of hydrogen-bond acceptors (Lipinski definition) is 11. The molecule has 0 radical (unpaired) electrons. The molecule has 8 N–H and O–H groups in total. The van der Waals surface area contributed by atoms with Crippen LogP contribution < -0.4 is 0 Å². The molecule has 144 valence electrons. The Kier molecular flexibility index (Phi) is 7.33. The lowest BCUT2D eigenvalue weighted by Gasteiger charge is -2.40. The summed E-state index contributed by atoms with van der Waals surface area (Å²) in [5.74, 6) is -3.70. The largest absolute Gasteiger partial charge is 0.479 e. The molecule has 0 bridgehead atoms. The van der Waals surface area contributed by atoms with E-state index in [2.05, 4.69) is 0 Å². The Balaban J connectivity index is 3.06. The zero-order valence-electron chi connectivity index (χ0n) is 12.4. The molecule has 25 heavy (non-hydrogen) atoms. The Morgan fingerprint density at radius 3 is 2.00 bits per heavy atom. The first kappa shape index (κ1) is 21.3. The summed E-state index contributed by atoms with van der Waals surface area (Å²) in [4.78, 5) is 32.3. The van der Waals surface area contributed by atoms with Crippen molar-refractivity contribution in [3.63, 3.8) is 0 Å². The molecule has 1 rings (SSSR count). The van der Waals surface area contributed by atoms with E-state index in [9.17, 15) is 45.0 Å². The van der Waals surface area contributed by atoms with Gasteiger partial charge in [0.05, 0.1) is 0 Å². The van der Waals surface area contributed by atoms with Gasteiger partial charge in [0.1, 0.15) is 36.6 Å². The second kappa shape index (κ2) is 8.59. The van der Waals surface area contributed by atoms with Crippen molar-refractivity contribution in [2.24, 2.45) is 0 Å². The smallest absolute Gasteiger partial charge is 0.335 e. The van der Waals surface area contributed by atoms with Crippen LogP contribution in [-0.4, -0.2) is 114 Å². The average molecular weight is 370 g/mol. The third-order valence-electron chi connectivity index (χ3n) is 3.49. The molecule has 0 aromatic heterocycles. The molecule has 13 nitrogen and oxygen atoms in total. The molecule has 1 aliphatic heterocycles. The third-order valence-corrected chi connectivity index (χ3v) is 3.49. The molecular formula is C12H18O13. The standard InChI is InChI=1S/C12H18O13/c13-1-2(14)3(15)8(7(19)10(20)21)24-12-6(18)4(16)5(17)9(25-12)11(22)23/h1-9,12,14-19H,(H,20,21)(H,22,23)/t2-,3-,4+,5+,6-,7-,8+,9+,12-/m0/s1. The third kappa shape index (κ3) is 4.68. The van der Waals surface area contributed by atoms with Gasteiger partial charge in [0, 0.05) is 0 Å². The van der Waals surface area contributed by atoms with Crippen LogP contribution in [0.25, 0.3) is 0 Å². The van der Waals surface area contributed by atoms with Gasteiger partial charge in [-0.05, 0) is 0 Å². The second-order valence-electron chi connectivity index (χ2n) is 5.24. The van der Waals surface area contributed by atoms with Crippen molar-refractivity contribution in [1.82, 2.24) is 0 Å². The van der Waals surface area contributed by atoms with Gasteiger partial charge in [-0.25, -0.2) is 9.59 Å². The fourth-order valence-electron chi connectivity index (χ4n) is 2.08. The van der Waals surface area contributed by atoms with Gasteiger partial charge in [-0.15, -0.1) is 0 Å². The summed E-state index contributed by atoms with van der Waals surface area (Å²) in [6, 6.07) is 0. The predicted molar refractivity (Wildman–Crippen MR) is 70.9 cm³/mol. The summed E-state index contributed by atoms with van der Waals surface area (Å²) in [6.45, 7) is 0. The number of carboxylic acids is 2. The van der Waals surface area contributed by atoms with Crippen LogP contribution in [0.2, 0.25) is 0 Å². The molecular weight excluding hydrogens is 352 g/mol. The van der Waals surface area contributed by atoms with Gasteiger partial charge >= 0.3 is 11.9 Å². The normalized spacial score (nSPS) is 34.6. The maximum atomic E-state index is 11.0. The SMILES string of the molecule is O=C[C@H](O)[C@H](O)[C@@H](O[C@H]1O[C@@H](C(=O)O)[C@H](O)[C@@H](O)[C@@H]1O)[C@H](O)C(=O)O. The molecule has 0 saturated carbocycles. The quantitative estimate of drug-likeness (QED) is 0.187. The van der Waals surface area contributed by atoms with E-state index in [1.807, 2.05) is 0 Å². The van der Waals surface area contributed by atoms with Crippen LogP contribution in [0.3, 0.4) is 0 Å². The van der Waals surface area contributed by atoms with Crippen molar-refractivity contribution in [1.29, 1.82) is 0 Å². The summed E-state index contributed by atoms with van der Waals surface area (Å²) >= 11 is 0. The van der Waals surface area contributed by atoms with Crippen molar-refractivity contribution in [3.8, 4) is 0 Å². The van der Waals surface area contributed by atoms with Gasteiger partial charge in [-0.3, -0.25) is 0 Å². The highest BCUT2D eigenvalue weighted by Gasteiger charge is 2.50. The summed E-state index contributed by atoms with van der Waals surface area (Å²) in [7, 11) is 0. The summed E-state index contributed by atoms with van der Waals surface area (Å²) in [5, 5.41) is 75.1. The number of ether oxygens (including phenoxy) is 2. The van der Waals surface area contributed by atoms with Crippen LogP contribution in [0.15, 0.2) is 0 Å². The first-order chi connectivity index (χ1) is 11.5. The maximum Gasteiger partial charge on any atom is 0.335 e. The van der Waals surface area contributed by atoms with Gasteiger partial charge < -0.3 is 55.1 Å². The second-order valence-corrected chi connectivity index (χ2v) is 5.24. The predicted octanol–water partition coefficient (Wildman–Crippen LogP) is -5.37. The zero-order chi connectivity index (χ0) is 19.5. The van der Waals surface area contributed by atoms with Crippen LogP contribution in [0.4, 0.5) is 0 Å². The summed E-state index contributed by atoms with van der Waals surface area (Å²) in [5.41, 5.74) is 0. The van der Waals surface area contributed by atoms with Crippen molar-refractivity contribution >= 4 is 18.2 Å². The fraction of sp³-hybridized carbons (Fsp3) is 0.750. The minimum absolute atomic E-state index is 0.188. The zero-order valence-corrected chi connectivity index (χ0v) is 12.4. The summed E-state index contributed by atoms with van der Waals surface area (Å²) < 4.78 is 9.50. The van der Waals surface area contributed by atoms with Crippen LogP contribution >= 0.6 is 0 Å². The Labute approximate surface area is 139 Å². The van der Waals surface area contributed by atoms with E-state index in [1.54, 1.807) is 0 Å². The van der Waals surface area contributed by atoms with E-state index in [-0.39, 0.29) is 6.29 Å². The van der Waals surface area contributed by atoms with Gasteiger partial charge in [0.15, 0.2) is 24.8 Å². The molecule has 1 saturated heterocycles. The summed E-state index contributed by atoms with van der Waals surface area (Å²) in [6.07, 6.45) is -19.9. The Bertz CT molecular complexity index is 495. The number of aliphatic hydroxyl groups excluding tert-OH is 6. The number of aliphatic carboxylic acids is 2. The fourth-order valence-corrected chi connectivity index (χ4v) is 2.08. The molecule has 0 unspecified atom stereocenters. The van der Waals surface area contributed by atoms with Crippen molar-refractivity contribution in [2.75, 3.05) is 0 Å². The highest BCUT2D eigenvalue weighted by atomic mass is 16.7. The number of carbonyl (C=O) groups is 3. The highest BCUT2D eigenvalue weighted by molar-refractivity contribution is 5.73. The number of aliphatic hydroxyl groups is 6. The minimum atomic E-state index is -2.52. The Morgan fingerprint density at radius 1 is 1.00 bits per heavy atom. The van der Waals surface area contributed by atoms with Crippen LogP contribution in [-0.2, 0) is 23.9 Å². The molecule has 13 heteroatoms. The number of aldehydes is 1. The van der Waals surface area contributed by atoms with E-state index in [1.165, 1.54) is 0 Å². The molecule has 9 atom stereocenters. The van der Waals surface area contributed by atoms with E-state index in [4.69, 9.17) is 19.7 Å². The Morgan fingerprint density at radius 2 is 1.56 bits per heavy atom. The average Bonchev–Trinajstić information content (AvgIpc) is 2.56. The van der Waals surface area contributed by atoms with Crippen LogP contribution in [0, 0.1) is 0 Å². The molecule has 0 aliphatic carbocycles. The van der Waals surface area contributed by atoms with Gasteiger partial charge in [0.2, 0.25) is 0 Å². The Hall–Kier alpha value is -1.71. The van der Waals surface area contributed by atoms with Gasteiger partial charge in [0.25, 0.3) is 0 Å². The molecule has 0 spiro atoms. The monoisotopic (exact) mass is 370 g/mol. The topological polar surface area (TPSA) is 232 Å². The molecule has 1 heterocycles. The van der Waals surface area contributed by atoms with E-state index < -0.39 is 67.1 Å².